The van der Waals surface area contributed by atoms with Gasteiger partial charge in [0.1, 0.15) is 36.6 Å². The van der Waals surface area contributed by atoms with Crippen molar-refractivity contribution in [2.75, 3.05) is 41.7 Å². The Labute approximate surface area is 387 Å². The van der Waals surface area contributed by atoms with Crippen LogP contribution in [0.5, 0.6) is 17.2 Å². The molecule has 3 saturated carbocycles. The van der Waals surface area contributed by atoms with Gasteiger partial charge in [-0.1, -0.05) is 44.6 Å². The number of carbonyl (C=O) groups is 1. The molecule has 4 aliphatic carbocycles. The molecule has 0 aromatic heterocycles. The SMILES string of the molecule is COc1cc(C(=O)O[C@H]2CO[C@@H](O[C@H]3C[C@H]4[C@@H]5CC=C6C[C@@H](O)C[C@@H](O[C@@H]7O[C@H](CO)[C@@H](O)[C@H](O)[C@H]7O)[C@]6(C)[C@H]5CC[C@]4(C)[C@H]3[C@H](C)C/C=C/C(C)(C)OC)[C@H](O)[C@H]2O)cc(OC)c1OC. The quantitative estimate of drug-likeness (QED) is 0.0988. The van der Waals surface area contributed by atoms with Crippen molar-refractivity contribution >= 4 is 5.97 Å². The summed E-state index contributed by atoms with van der Waals surface area (Å²) < 4.78 is 52.9. The predicted octanol–water partition coefficient (Wildman–Crippen LogP) is 3.05. The molecule has 6 aliphatic rings. The van der Waals surface area contributed by atoms with Crippen LogP contribution in [0.1, 0.15) is 89.9 Å². The lowest BCUT2D eigenvalue weighted by atomic mass is 9.46. The highest BCUT2D eigenvalue weighted by Gasteiger charge is 2.65. The van der Waals surface area contributed by atoms with E-state index in [2.05, 4.69) is 39.0 Å². The van der Waals surface area contributed by atoms with Gasteiger partial charge in [0, 0.05) is 18.9 Å². The molecule has 0 spiro atoms. The molecule has 7 rings (SSSR count). The van der Waals surface area contributed by atoms with E-state index in [1.807, 2.05) is 13.8 Å². The molecule has 2 aliphatic heterocycles. The second-order valence-corrected chi connectivity index (χ2v) is 20.5. The standard InChI is InChI=1S/C49H74O17/c1-24(11-10-15-47(2,3)61-9)37-31(64-45-41(55)39(53)35(23-62-45)63-44(57)25-17-32(58-6)43(60-8)33(18-25)59-7)21-30-28-13-12-26-19-27(51)20-36(49(26,5)29(28)14-16-48(30,37)4)66-46-42(56)40(54)38(52)34(22-50)65-46/h10,12,15,17-18,24,27-31,34-42,45-46,50-56H,11,13-14,16,19-23H2,1-9H3/b15-10+/t24-,27-,28-,29+,30+,31+,34-,35+,36-,37+,38-,39+,40+,41-,42-,45+,46+,48+,49+/m1/s1. The molecule has 19 atom stereocenters. The Balaban J connectivity index is 1.13. The first kappa shape index (κ1) is 51.0. The second kappa shape index (κ2) is 20.2. The number of allylic oxidation sites excluding steroid dienone is 2. The van der Waals surface area contributed by atoms with Crippen LogP contribution in [0, 0.1) is 40.4 Å². The number of esters is 1. The summed E-state index contributed by atoms with van der Waals surface area (Å²) in [6.45, 7) is 9.93. The highest BCUT2D eigenvalue weighted by atomic mass is 16.7. The fraction of sp³-hybridized carbons (Fsp3) is 0.776. The number of aliphatic hydroxyl groups excluding tert-OH is 7. The number of rotatable bonds is 15. The lowest BCUT2D eigenvalue weighted by molar-refractivity contribution is -0.324. The van der Waals surface area contributed by atoms with E-state index < -0.39 is 97.2 Å². The van der Waals surface area contributed by atoms with E-state index in [9.17, 15) is 40.5 Å². The van der Waals surface area contributed by atoms with Gasteiger partial charge in [0.05, 0.1) is 64.0 Å². The lowest BCUT2D eigenvalue weighted by Gasteiger charge is -2.60. The molecule has 0 bridgehead atoms. The molecular formula is C49H74O17. The summed E-state index contributed by atoms with van der Waals surface area (Å²) in [5, 5.41) is 76.3. The molecule has 2 saturated heterocycles. The number of ether oxygens (including phenoxy) is 9. The summed E-state index contributed by atoms with van der Waals surface area (Å²) in [6, 6.07) is 2.88. The van der Waals surface area contributed by atoms with E-state index in [-0.39, 0.29) is 65.1 Å². The number of fused-ring (bicyclic) bond motifs is 5. The van der Waals surface area contributed by atoms with Gasteiger partial charge in [-0.25, -0.2) is 4.79 Å². The Morgan fingerprint density at radius 1 is 0.879 bits per heavy atom. The molecule has 17 nitrogen and oxygen atoms in total. The first-order valence-corrected chi connectivity index (χ1v) is 23.5. The maximum absolute atomic E-state index is 13.4. The van der Waals surface area contributed by atoms with Crippen LogP contribution >= 0.6 is 0 Å². The van der Waals surface area contributed by atoms with Crippen LogP contribution in [0.3, 0.4) is 0 Å². The molecule has 0 unspecified atom stereocenters. The minimum atomic E-state index is -1.60. The summed E-state index contributed by atoms with van der Waals surface area (Å²) >= 11 is 0. The Morgan fingerprint density at radius 3 is 2.20 bits per heavy atom. The minimum absolute atomic E-state index is 0.00481. The summed E-state index contributed by atoms with van der Waals surface area (Å²) in [6.07, 6.45) is -3.39. The Hall–Kier alpha value is -2.91. The van der Waals surface area contributed by atoms with E-state index in [1.165, 1.54) is 33.5 Å². The van der Waals surface area contributed by atoms with Crippen molar-refractivity contribution in [2.45, 2.75) is 159 Å². The van der Waals surface area contributed by atoms with Crippen LogP contribution in [0.15, 0.2) is 35.9 Å². The molecule has 17 heteroatoms. The molecule has 66 heavy (non-hydrogen) atoms. The highest BCUT2D eigenvalue weighted by Crippen LogP contribution is 2.68. The van der Waals surface area contributed by atoms with Gasteiger partial charge in [-0.2, -0.15) is 0 Å². The van der Waals surface area contributed by atoms with Crippen LogP contribution in [-0.4, -0.2) is 163 Å². The minimum Gasteiger partial charge on any atom is -0.493 e. The zero-order chi connectivity index (χ0) is 48.0. The third-order valence-corrected chi connectivity index (χ3v) is 16.4. The zero-order valence-corrected chi connectivity index (χ0v) is 39.8. The smallest absolute Gasteiger partial charge is 0.338 e. The van der Waals surface area contributed by atoms with Gasteiger partial charge in [-0.05, 0) is 99.5 Å². The van der Waals surface area contributed by atoms with Gasteiger partial charge in [0.2, 0.25) is 5.75 Å². The van der Waals surface area contributed by atoms with Gasteiger partial charge >= 0.3 is 5.97 Å². The first-order chi connectivity index (χ1) is 31.3. The van der Waals surface area contributed by atoms with Crippen LogP contribution < -0.4 is 14.2 Å². The Morgan fingerprint density at radius 2 is 1.56 bits per heavy atom. The van der Waals surface area contributed by atoms with Gasteiger partial charge in [-0.3, -0.25) is 0 Å². The summed E-state index contributed by atoms with van der Waals surface area (Å²) in [4.78, 5) is 13.4. The average Bonchev–Trinajstić information content (AvgIpc) is 3.60. The number of aliphatic hydroxyl groups is 7. The Bertz CT molecular complexity index is 1880. The van der Waals surface area contributed by atoms with Crippen molar-refractivity contribution in [2.24, 2.45) is 40.4 Å². The zero-order valence-electron chi connectivity index (χ0n) is 39.8. The van der Waals surface area contributed by atoms with Gasteiger partial charge in [-0.15, -0.1) is 0 Å². The van der Waals surface area contributed by atoms with Crippen molar-refractivity contribution in [3.63, 3.8) is 0 Å². The van der Waals surface area contributed by atoms with E-state index in [4.69, 9.17) is 42.6 Å². The fourth-order valence-corrected chi connectivity index (χ4v) is 12.7. The van der Waals surface area contributed by atoms with Gasteiger partial charge < -0.3 is 78.4 Å². The molecule has 1 aromatic rings. The fourth-order valence-electron chi connectivity index (χ4n) is 12.7. The van der Waals surface area contributed by atoms with Crippen LogP contribution in [0.25, 0.3) is 0 Å². The Kier molecular flexibility index (Phi) is 15.6. The van der Waals surface area contributed by atoms with Crippen molar-refractivity contribution < 1.29 is 83.2 Å². The van der Waals surface area contributed by atoms with E-state index in [1.54, 1.807) is 7.11 Å². The van der Waals surface area contributed by atoms with Crippen molar-refractivity contribution in [3.8, 4) is 17.2 Å². The number of methoxy groups -OCH3 is 4. The topological polar surface area (TPSA) is 242 Å². The van der Waals surface area contributed by atoms with Crippen molar-refractivity contribution in [1.29, 1.82) is 0 Å². The molecule has 5 fully saturated rings. The van der Waals surface area contributed by atoms with E-state index >= 15 is 0 Å². The van der Waals surface area contributed by atoms with E-state index in [0.29, 0.717) is 18.6 Å². The molecule has 0 amide bonds. The number of carbonyl (C=O) groups excluding carboxylic acids is 1. The van der Waals surface area contributed by atoms with Gasteiger partial charge in [0.15, 0.2) is 30.2 Å². The van der Waals surface area contributed by atoms with Crippen LogP contribution in [-0.2, 0) is 28.4 Å². The monoisotopic (exact) mass is 934 g/mol. The largest absolute Gasteiger partial charge is 0.493 e. The van der Waals surface area contributed by atoms with Crippen LogP contribution in [0.4, 0.5) is 0 Å². The molecule has 372 valence electrons. The highest BCUT2D eigenvalue weighted by molar-refractivity contribution is 5.91. The van der Waals surface area contributed by atoms with Gasteiger partial charge in [0.25, 0.3) is 0 Å². The third kappa shape index (κ3) is 9.41. The van der Waals surface area contributed by atoms with Crippen molar-refractivity contribution in [3.05, 3.63) is 41.5 Å². The maximum atomic E-state index is 13.4. The number of hydrogen-bond donors (Lipinski definition) is 7. The average molecular weight is 935 g/mol. The first-order valence-electron chi connectivity index (χ1n) is 23.5. The lowest BCUT2D eigenvalue weighted by Crippen LogP contribution is -2.62. The number of benzene rings is 1. The summed E-state index contributed by atoms with van der Waals surface area (Å²) in [5.74, 6) is 0.487. The van der Waals surface area contributed by atoms with Crippen molar-refractivity contribution in [1.82, 2.24) is 0 Å². The number of hydrogen-bond acceptors (Lipinski definition) is 17. The second-order valence-electron chi connectivity index (χ2n) is 20.5. The summed E-state index contributed by atoms with van der Waals surface area (Å²) in [7, 11) is 5.98. The molecule has 2 heterocycles. The molecule has 1 aromatic carbocycles. The van der Waals surface area contributed by atoms with E-state index in [0.717, 1.165) is 31.3 Å². The third-order valence-electron chi connectivity index (χ3n) is 16.4. The maximum Gasteiger partial charge on any atom is 0.338 e. The molecule has 0 radical (unpaired) electrons. The van der Waals surface area contributed by atoms with Crippen LogP contribution in [0.2, 0.25) is 0 Å². The molecular weight excluding hydrogens is 861 g/mol. The molecule has 7 N–H and O–H groups in total. The summed E-state index contributed by atoms with van der Waals surface area (Å²) in [5.41, 5.74) is -0.107. The normalized spacial score (nSPS) is 41.8. The predicted molar refractivity (Wildman–Crippen MR) is 237 cm³/mol.